The number of carbonyl (C=O) groups is 1. The van der Waals surface area contributed by atoms with Gasteiger partial charge in [-0.15, -0.1) is 0 Å². The van der Waals surface area contributed by atoms with Crippen molar-refractivity contribution in [2.45, 2.75) is 83.2 Å². The summed E-state index contributed by atoms with van der Waals surface area (Å²) in [6.45, 7) is 2.25. The number of alkyl halides is 2. The number of nitrogen functional groups attached to an aromatic ring is 1. The van der Waals surface area contributed by atoms with Crippen LogP contribution in [0.5, 0.6) is 11.8 Å². The predicted octanol–water partition coefficient (Wildman–Crippen LogP) is 3.38. The summed E-state index contributed by atoms with van der Waals surface area (Å²) in [7, 11) is 0. The molecule has 0 bridgehead atoms. The first kappa shape index (κ1) is 23.4. The first-order chi connectivity index (χ1) is 17.3. The topological polar surface area (TPSA) is 109 Å². The fourth-order valence-corrected chi connectivity index (χ4v) is 5.96. The van der Waals surface area contributed by atoms with Crippen molar-refractivity contribution in [3.05, 3.63) is 40.1 Å². The van der Waals surface area contributed by atoms with Crippen LogP contribution in [0.4, 0.5) is 14.6 Å². The highest BCUT2D eigenvalue weighted by Crippen LogP contribution is 2.47. The Morgan fingerprint density at radius 3 is 2.92 bits per heavy atom. The summed E-state index contributed by atoms with van der Waals surface area (Å²) >= 11 is 0. The Hall–Kier alpha value is -3.05. The molecule has 4 aliphatic heterocycles. The molecule has 0 aromatic carbocycles. The quantitative estimate of drug-likeness (QED) is 0.678. The Balaban J connectivity index is 1.28. The zero-order valence-electron chi connectivity index (χ0n) is 20.1. The summed E-state index contributed by atoms with van der Waals surface area (Å²) < 4.78 is 47.7. The van der Waals surface area contributed by atoms with E-state index in [1.165, 1.54) is 6.07 Å². The predicted molar refractivity (Wildman–Crippen MR) is 122 cm³/mol. The fraction of sp³-hybridized carbons (Fsp3) is 0.560. The second-order valence-electron chi connectivity index (χ2n) is 9.85. The Labute approximate surface area is 206 Å². The third-order valence-electron chi connectivity index (χ3n) is 7.87. The minimum absolute atomic E-state index is 0.137. The van der Waals surface area contributed by atoms with E-state index in [0.717, 1.165) is 41.6 Å². The number of aromatic nitrogens is 2. The van der Waals surface area contributed by atoms with Crippen molar-refractivity contribution >= 4 is 11.7 Å². The van der Waals surface area contributed by atoms with E-state index in [0.29, 0.717) is 31.0 Å². The molecule has 0 unspecified atom stereocenters. The summed E-state index contributed by atoms with van der Waals surface area (Å²) in [6, 6.07) is 2.67. The average molecular weight is 503 g/mol. The van der Waals surface area contributed by atoms with Crippen LogP contribution in [0.3, 0.4) is 0 Å². The lowest BCUT2D eigenvalue weighted by Crippen LogP contribution is -2.50. The minimum Gasteiger partial charge on any atom is -0.471 e. The number of nitrogens with two attached hydrogens (primary N) is 1. The molecule has 0 spiro atoms. The number of hydrogen-bond acceptors (Lipinski definition) is 8. The zero-order valence-corrected chi connectivity index (χ0v) is 20.1. The van der Waals surface area contributed by atoms with Gasteiger partial charge in [0.1, 0.15) is 18.0 Å². The number of halogens is 2. The van der Waals surface area contributed by atoms with Gasteiger partial charge in [0.05, 0.1) is 30.6 Å². The highest BCUT2D eigenvalue weighted by molar-refractivity contribution is 5.82. The molecule has 0 radical (unpaired) electrons. The molecule has 1 saturated heterocycles. The molecular weight excluding hydrogens is 474 g/mol. The Bertz CT molecular complexity index is 1230. The molecule has 4 aliphatic rings. The van der Waals surface area contributed by atoms with Gasteiger partial charge in [-0.1, -0.05) is 6.92 Å². The monoisotopic (exact) mass is 502 g/mol. The number of pyridine rings is 2. The van der Waals surface area contributed by atoms with Gasteiger partial charge in [-0.3, -0.25) is 4.79 Å². The van der Waals surface area contributed by atoms with Crippen molar-refractivity contribution in [2.24, 2.45) is 0 Å². The van der Waals surface area contributed by atoms with E-state index in [-0.39, 0.29) is 36.4 Å². The molecule has 2 aromatic rings. The average Bonchev–Trinajstić information content (AvgIpc) is 3.41. The third-order valence-corrected chi connectivity index (χ3v) is 7.87. The molecule has 11 heteroatoms. The number of hydrogen-bond donors (Lipinski definition) is 1. The Morgan fingerprint density at radius 2 is 2.14 bits per heavy atom. The number of ether oxygens (including phenoxy) is 4. The Morgan fingerprint density at radius 1 is 1.31 bits per heavy atom. The summed E-state index contributed by atoms with van der Waals surface area (Å²) in [4.78, 5) is 24.3. The van der Waals surface area contributed by atoms with E-state index >= 15 is 0 Å². The normalized spacial score (nSPS) is 28.2. The fourth-order valence-electron chi connectivity index (χ4n) is 5.96. The van der Waals surface area contributed by atoms with Crippen molar-refractivity contribution in [3.63, 3.8) is 0 Å². The standard InChI is InChI=1S/C25H28F2N4O5/c1-3-25(2)19-14(10-34-25)13-9-17(33-11-15(13)29-21(19)28)23(32)31-8-4-5-16-20(31)12-6-7-18(36-24(26)27)30-22(12)35-16/h6-7,16-17,20,24H,3-5,8-11H2,1-2H3,(H2,28,29)/t16-,17+,20-,25+/m1/s1. The molecule has 36 heavy (non-hydrogen) atoms. The number of likely N-dealkylation sites (tertiary alicyclic amines) is 1. The van der Waals surface area contributed by atoms with E-state index in [4.69, 9.17) is 19.9 Å². The van der Waals surface area contributed by atoms with Crippen molar-refractivity contribution < 1.29 is 32.5 Å². The maximum Gasteiger partial charge on any atom is 0.388 e. The first-order valence-corrected chi connectivity index (χ1v) is 12.3. The lowest BCUT2D eigenvalue weighted by molar-refractivity contribution is -0.151. The highest BCUT2D eigenvalue weighted by atomic mass is 19.3. The van der Waals surface area contributed by atoms with Crippen LogP contribution in [-0.2, 0) is 39.5 Å². The van der Waals surface area contributed by atoms with E-state index in [2.05, 4.69) is 21.6 Å². The number of nitrogens with zero attached hydrogens (tertiary/aromatic N) is 3. The van der Waals surface area contributed by atoms with Crippen molar-refractivity contribution in [2.75, 3.05) is 12.3 Å². The van der Waals surface area contributed by atoms with Crippen molar-refractivity contribution in [1.82, 2.24) is 14.9 Å². The number of piperidine rings is 1. The van der Waals surface area contributed by atoms with Gasteiger partial charge in [-0.25, -0.2) is 4.98 Å². The van der Waals surface area contributed by atoms with Crippen LogP contribution < -0.4 is 15.2 Å². The van der Waals surface area contributed by atoms with E-state index in [1.807, 2.05) is 6.92 Å². The van der Waals surface area contributed by atoms with Crippen molar-refractivity contribution in [3.8, 4) is 11.8 Å². The molecule has 9 nitrogen and oxygen atoms in total. The van der Waals surface area contributed by atoms with Crippen LogP contribution >= 0.6 is 0 Å². The van der Waals surface area contributed by atoms with E-state index in [1.54, 1.807) is 11.0 Å². The molecule has 0 aliphatic carbocycles. The molecule has 1 amide bonds. The molecule has 6 rings (SSSR count). The molecule has 2 aromatic heterocycles. The maximum absolute atomic E-state index is 13.8. The number of rotatable bonds is 4. The smallest absolute Gasteiger partial charge is 0.388 e. The number of amides is 1. The van der Waals surface area contributed by atoms with Crippen LogP contribution in [0.15, 0.2) is 12.1 Å². The lowest BCUT2D eigenvalue weighted by atomic mass is 9.87. The van der Waals surface area contributed by atoms with Gasteiger partial charge in [-0.2, -0.15) is 13.8 Å². The molecule has 1 fully saturated rings. The van der Waals surface area contributed by atoms with Crippen LogP contribution in [0.1, 0.15) is 67.1 Å². The third kappa shape index (κ3) is 3.59. The van der Waals surface area contributed by atoms with Gasteiger partial charge in [0.15, 0.2) is 0 Å². The van der Waals surface area contributed by atoms with E-state index in [9.17, 15) is 13.6 Å². The number of fused-ring (bicyclic) bond motifs is 6. The molecule has 2 N–H and O–H groups in total. The van der Waals surface area contributed by atoms with E-state index < -0.39 is 18.3 Å². The molecule has 6 heterocycles. The van der Waals surface area contributed by atoms with Crippen molar-refractivity contribution in [1.29, 1.82) is 0 Å². The summed E-state index contributed by atoms with van der Waals surface area (Å²) in [6.07, 6.45) is 1.64. The largest absolute Gasteiger partial charge is 0.471 e. The van der Waals surface area contributed by atoms with Gasteiger partial charge in [0.25, 0.3) is 5.91 Å². The minimum atomic E-state index is -2.98. The molecule has 192 valence electrons. The van der Waals surface area contributed by atoms with Crippen LogP contribution in [0.2, 0.25) is 0 Å². The van der Waals surface area contributed by atoms with Crippen LogP contribution in [0.25, 0.3) is 0 Å². The van der Waals surface area contributed by atoms with Crippen LogP contribution in [0, 0.1) is 0 Å². The Kier molecular flexibility index (Phi) is 5.52. The molecule has 0 saturated carbocycles. The SMILES string of the molecule is CC[C@]1(C)OCc2c3c(nc(N)c21)CO[C@H](C(=O)N1CCC[C@H]2Oc4nc(OC(F)F)ccc4[C@H]21)C3. The summed E-state index contributed by atoms with van der Waals surface area (Å²) in [5.41, 5.74) is 10.2. The summed E-state index contributed by atoms with van der Waals surface area (Å²) in [5, 5.41) is 0. The van der Waals surface area contributed by atoms with Crippen LogP contribution in [-0.4, -0.2) is 46.1 Å². The number of carbonyl (C=O) groups excluding carboxylic acids is 1. The van der Waals surface area contributed by atoms with Gasteiger partial charge in [0, 0.05) is 30.2 Å². The molecular formula is C25H28F2N4O5. The first-order valence-electron chi connectivity index (χ1n) is 12.3. The maximum atomic E-state index is 13.8. The second kappa shape index (κ2) is 8.52. The van der Waals surface area contributed by atoms with Gasteiger partial charge in [-0.05, 0) is 43.4 Å². The van der Waals surface area contributed by atoms with Gasteiger partial charge < -0.3 is 29.6 Å². The summed E-state index contributed by atoms with van der Waals surface area (Å²) in [5.74, 6) is 0.336. The van der Waals surface area contributed by atoms with Gasteiger partial charge >= 0.3 is 6.61 Å². The number of anilines is 1. The zero-order chi connectivity index (χ0) is 25.2. The second-order valence-corrected chi connectivity index (χ2v) is 9.85. The molecule has 4 atom stereocenters. The highest BCUT2D eigenvalue weighted by Gasteiger charge is 2.47. The lowest BCUT2D eigenvalue weighted by Gasteiger charge is -2.39. The van der Waals surface area contributed by atoms with Gasteiger partial charge in [0.2, 0.25) is 11.8 Å².